The Morgan fingerprint density at radius 3 is 2.92 bits per heavy atom. The molecule has 1 fully saturated rings. The molecule has 1 aromatic carbocycles. The van der Waals surface area contributed by atoms with Crippen molar-refractivity contribution in [2.24, 2.45) is 0 Å². The summed E-state index contributed by atoms with van der Waals surface area (Å²) in [5.41, 5.74) is 3.27. The maximum Gasteiger partial charge on any atom is 0.255 e. The number of nitrogens with zero attached hydrogens (tertiary/aromatic N) is 2. The average Bonchev–Trinajstić information content (AvgIpc) is 3.16. The molecule has 2 N–H and O–H groups in total. The van der Waals surface area contributed by atoms with E-state index in [2.05, 4.69) is 15.7 Å². The van der Waals surface area contributed by atoms with E-state index in [1.807, 2.05) is 42.8 Å². The van der Waals surface area contributed by atoms with Crippen molar-refractivity contribution in [1.29, 1.82) is 0 Å². The van der Waals surface area contributed by atoms with Gasteiger partial charge < -0.3 is 10.6 Å². The number of aromatic nitrogens is 2. The largest absolute Gasteiger partial charge is 0.350 e. The molecule has 1 aromatic heterocycles. The van der Waals surface area contributed by atoms with Crippen molar-refractivity contribution in [2.45, 2.75) is 39.3 Å². The Balaban J connectivity index is 1.73. The number of hydrogen-bond acceptors (Lipinski definition) is 3. The van der Waals surface area contributed by atoms with Gasteiger partial charge in [-0.15, -0.1) is 0 Å². The van der Waals surface area contributed by atoms with E-state index in [9.17, 15) is 4.79 Å². The van der Waals surface area contributed by atoms with Crippen molar-refractivity contribution in [3.8, 4) is 0 Å². The fourth-order valence-corrected chi connectivity index (χ4v) is 3.40. The van der Waals surface area contributed by atoms with Gasteiger partial charge in [0.2, 0.25) is 0 Å². The number of nitrogens with one attached hydrogen (secondary N) is 2. The van der Waals surface area contributed by atoms with Gasteiger partial charge in [0.25, 0.3) is 5.91 Å². The molecule has 0 bridgehead atoms. The molecule has 5 nitrogen and oxygen atoms in total. The number of rotatable bonds is 5. The van der Waals surface area contributed by atoms with Gasteiger partial charge >= 0.3 is 0 Å². The lowest BCUT2D eigenvalue weighted by Crippen LogP contribution is -2.37. The summed E-state index contributed by atoms with van der Waals surface area (Å²) < 4.78 is 1.85. The number of halogens is 1. The lowest BCUT2D eigenvalue weighted by Gasteiger charge is -2.12. The monoisotopic (exact) mass is 346 g/mol. The Morgan fingerprint density at radius 1 is 1.42 bits per heavy atom. The first-order valence-corrected chi connectivity index (χ1v) is 8.73. The van der Waals surface area contributed by atoms with Gasteiger partial charge in [0.05, 0.1) is 17.8 Å². The molecule has 0 saturated carbocycles. The average molecular weight is 347 g/mol. The van der Waals surface area contributed by atoms with Gasteiger partial charge in [-0.2, -0.15) is 5.10 Å². The third kappa shape index (κ3) is 3.62. The first-order chi connectivity index (χ1) is 11.6. The highest BCUT2D eigenvalue weighted by molar-refractivity contribution is 6.31. The van der Waals surface area contributed by atoms with E-state index < -0.39 is 0 Å². The summed E-state index contributed by atoms with van der Waals surface area (Å²) in [4.78, 5) is 12.6. The lowest BCUT2D eigenvalue weighted by atomic mass is 10.1. The Morgan fingerprint density at radius 2 is 2.21 bits per heavy atom. The van der Waals surface area contributed by atoms with E-state index in [-0.39, 0.29) is 5.91 Å². The number of hydrogen-bond donors (Lipinski definition) is 2. The van der Waals surface area contributed by atoms with E-state index in [0.717, 1.165) is 29.9 Å². The molecule has 6 heteroatoms. The van der Waals surface area contributed by atoms with Crippen molar-refractivity contribution in [3.05, 3.63) is 51.8 Å². The molecule has 1 aliphatic heterocycles. The molecule has 0 aliphatic carbocycles. The van der Waals surface area contributed by atoms with Crippen LogP contribution in [-0.4, -0.2) is 34.8 Å². The minimum absolute atomic E-state index is 0.0518. The van der Waals surface area contributed by atoms with Crippen LogP contribution in [-0.2, 0) is 6.54 Å². The van der Waals surface area contributed by atoms with Crippen molar-refractivity contribution in [3.63, 3.8) is 0 Å². The molecule has 3 rings (SSSR count). The Bertz CT molecular complexity index is 735. The fourth-order valence-electron chi connectivity index (χ4n) is 3.20. The number of aryl methyl sites for hydroxylation is 1. The minimum atomic E-state index is -0.0518. The zero-order valence-corrected chi connectivity index (χ0v) is 14.9. The summed E-state index contributed by atoms with van der Waals surface area (Å²) in [7, 11) is 0. The molecule has 1 unspecified atom stereocenters. The summed E-state index contributed by atoms with van der Waals surface area (Å²) in [6, 6.07) is 8.08. The molecule has 1 saturated heterocycles. The topological polar surface area (TPSA) is 59.0 Å². The molecule has 2 heterocycles. The molecule has 1 aliphatic rings. The molecule has 1 atom stereocenters. The highest BCUT2D eigenvalue weighted by atomic mass is 35.5. The molecular formula is C18H23ClN4O. The highest BCUT2D eigenvalue weighted by Gasteiger charge is 2.21. The smallest absolute Gasteiger partial charge is 0.255 e. The van der Waals surface area contributed by atoms with Crippen molar-refractivity contribution < 1.29 is 4.79 Å². The van der Waals surface area contributed by atoms with Gasteiger partial charge in [0.15, 0.2) is 0 Å². The van der Waals surface area contributed by atoms with Crippen molar-refractivity contribution >= 4 is 17.5 Å². The fraction of sp³-hybridized carbons (Fsp3) is 0.444. The molecular weight excluding hydrogens is 324 g/mol. The van der Waals surface area contributed by atoms with E-state index >= 15 is 0 Å². The third-order valence-corrected chi connectivity index (χ3v) is 4.93. The van der Waals surface area contributed by atoms with Gasteiger partial charge in [-0.05, 0) is 44.9 Å². The summed E-state index contributed by atoms with van der Waals surface area (Å²) in [6.07, 6.45) is 2.29. The number of amides is 1. The van der Waals surface area contributed by atoms with Crippen LogP contribution in [0.4, 0.5) is 0 Å². The second-order valence-corrected chi connectivity index (χ2v) is 6.71. The van der Waals surface area contributed by atoms with Gasteiger partial charge in [0, 0.05) is 23.3 Å². The predicted octanol–water partition coefficient (Wildman–Crippen LogP) is 2.68. The van der Waals surface area contributed by atoms with Crippen LogP contribution >= 0.6 is 11.6 Å². The van der Waals surface area contributed by atoms with Gasteiger partial charge in [-0.3, -0.25) is 9.48 Å². The second kappa shape index (κ2) is 7.36. The molecule has 24 heavy (non-hydrogen) atoms. The SMILES string of the molecule is Cc1nn(Cc2ccccc2Cl)c(C)c1C(=O)NCC1CCCN1. The van der Waals surface area contributed by atoms with Crippen LogP contribution < -0.4 is 10.6 Å². The van der Waals surface area contributed by atoms with Gasteiger partial charge in [-0.25, -0.2) is 0 Å². The quantitative estimate of drug-likeness (QED) is 0.875. The minimum Gasteiger partial charge on any atom is -0.350 e. The van der Waals surface area contributed by atoms with E-state index in [1.54, 1.807) is 0 Å². The molecule has 1 amide bonds. The Hall–Kier alpha value is -1.85. The predicted molar refractivity (Wildman–Crippen MR) is 95.6 cm³/mol. The number of carbonyl (C=O) groups is 1. The van der Waals surface area contributed by atoms with Gasteiger partial charge in [-0.1, -0.05) is 29.8 Å². The zero-order chi connectivity index (χ0) is 17.1. The van der Waals surface area contributed by atoms with E-state index in [0.29, 0.717) is 29.7 Å². The van der Waals surface area contributed by atoms with Crippen LogP contribution in [0.1, 0.15) is 40.2 Å². The highest BCUT2D eigenvalue weighted by Crippen LogP contribution is 2.19. The Kier molecular flexibility index (Phi) is 5.21. The summed E-state index contributed by atoms with van der Waals surface area (Å²) in [5.74, 6) is -0.0518. The first-order valence-electron chi connectivity index (χ1n) is 8.35. The third-order valence-electron chi connectivity index (χ3n) is 4.56. The first kappa shape index (κ1) is 17.0. The second-order valence-electron chi connectivity index (χ2n) is 6.30. The summed E-state index contributed by atoms with van der Waals surface area (Å²) in [5, 5.41) is 11.7. The Labute approximate surface area is 147 Å². The number of carbonyl (C=O) groups excluding carboxylic acids is 1. The molecule has 128 valence electrons. The zero-order valence-electron chi connectivity index (χ0n) is 14.1. The van der Waals surface area contributed by atoms with Crippen LogP contribution in [0.2, 0.25) is 5.02 Å². The summed E-state index contributed by atoms with van der Waals surface area (Å²) >= 11 is 6.23. The van der Waals surface area contributed by atoms with Crippen molar-refractivity contribution in [1.82, 2.24) is 20.4 Å². The molecule has 0 spiro atoms. The normalized spacial score (nSPS) is 17.2. The maximum atomic E-state index is 12.6. The van der Waals surface area contributed by atoms with E-state index in [1.165, 1.54) is 6.42 Å². The maximum absolute atomic E-state index is 12.6. The van der Waals surface area contributed by atoms with Crippen LogP contribution in [0, 0.1) is 13.8 Å². The van der Waals surface area contributed by atoms with Crippen LogP contribution in [0.15, 0.2) is 24.3 Å². The van der Waals surface area contributed by atoms with E-state index in [4.69, 9.17) is 11.6 Å². The van der Waals surface area contributed by atoms with Crippen LogP contribution in [0.3, 0.4) is 0 Å². The van der Waals surface area contributed by atoms with Crippen LogP contribution in [0.5, 0.6) is 0 Å². The molecule has 0 radical (unpaired) electrons. The standard InChI is InChI=1S/C18H23ClN4O/c1-12-17(18(24)21-10-15-7-5-9-20-15)13(2)23(22-12)11-14-6-3-4-8-16(14)19/h3-4,6,8,15,20H,5,7,9-11H2,1-2H3,(H,21,24). The lowest BCUT2D eigenvalue weighted by molar-refractivity contribution is 0.0949. The van der Waals surface area contributed by atoms with Crippen molar-refractivity contribution in [2.75, 3.05) is 13.1 Å². The molecule has 2 aromatic rings. The summed E-state index contributed by atoms with van der Waals surface area (Å²) in [6.45, 7) is 6.06. The number of benzene rings is 1. The van der Waals surface area contributed by atoms with Crippen LogP contribution in [0.25, 0.3) is 0 Å². The van der Waals surface area contributed by atoms with Gasteiger partial charge in [0.1, 0.15) is 0 Å².